The number of H-pyrrole nitrogens is 1. The van der Waals surface area contributed by atoms with Crippen molar-refractivity contribution in [3.8, 4) is 0 Å². The summed E-state index contributed by atoms with van der Waals surface area (Å²) < 4.78 is 9.53. The first kappa shape index (κ1) is 31.2. The molecule has 1 aromatic carbocycles. The number of ether oxygens (including phenoxy) is 2. The summed E-state index contributed by atoms with van der Waals surface area (Å²) in [5, 5.41) is 11.3. The number of amides is 3. The summed E-state index contributed by atoms with van der Waals surface area (Å²) in [5.74, 6) is -2.86. The zero-order valence-electron chi connectivity index (χ0n) is 22.6. The Hall–Kier alpha value is -5.01. The first-order valence-corrected chi connectivity index (χ1v) is 12.3. The van der Waals surface area contributed by atoms with E-state index in [0.29, 0.717) is 29.1 Å². The Balaban J connectivity index is 2.27. The lowest BCUT2D eigenvalue weighted by Crippen LogP contribution is -2.37. The molecule has 0 radical (unpaired) electrons. The second-order valence-electron chi connectivity index (χ2n) is 8.26. The van der Waals surface area contributed by atoms with Crippen LogP contribution >= 0.6 is 0 Å². The standard InChI is InChI=1S/C26H32N6O8/c1-5-28-24(36)17-8-7-15(3)19(11-17)31-23(30-13-27)22-16(4)18(12-29-22)25(37)32(6-2)26(38)40-14-39-21(35)10-9-20(33)34/h7-8,11-13,29H,5-6,9-10,14H2,1-4H3,(H,28,36)(H,33,34)(H2,27,30,31). The van der Waals surface area contributed by atoms with E-state index in [0.717, 1.165) is 16.8 Å². The Morgan fingerprint density at radius 1 is 1.12 bits per heavy atom. The first-order chi connectivity index (χ1) is 19.0. The van der Waals surface area contributed by atoms with Gasteiger partial charge < -0.3 is 30.6 Å². The van der Waals surface area contributed by atoms with Gasteiger partial charge in [0.1, 0.15) is 0 Å². The lowest BCUT2D eigenvalue weighted by molar-refractivity contribution is -0.154. The molecule has 0 spiro atoms. The number of nitrogens with one attached hydrogen (secondary N) is 2. The van der Waals surface area contributed by atoms with E-state index >= 15 is 0 Å². The van der Waals surface area contributed by atoms with E-state index in [9.17, 15) is 24.0 Å². The number of hydrogen-bond donors (Lipinski definition) is 4. The highest BCUT2D eigenvalue weighted by molar-refractivity contribution is 6.09. The number of aliphatic carboxylic acids is 1. The molecular weight excluding hydrogens is 524 g/mol. The zero-order valence-corrected chi connectivity index (χ0v) is 22.6. The van der Waals surface area contributed by atoms with E-state index in [2.05, 4.69) is 25.0 Å². The molecule has 0 aliphatic rings. The third-order valence-corrected chi connectivity index (χ3v) is 5.55. The number of aromatic amines is 1. The molecule has 0 atom stereocenters. The fourth-order valence-electron chi connectivity index (χ4n) is 3.42. The van der Waals surface area contributed by atoms with Crippen LogP contribution in [0, 0.1) is 13.8 Å². The van der Waals surface area contributed by atoms with Crippen molar-refractivity contribution in [1.29, 1.82) is 0 Å². The fraction of sp³-hybridized carbons (Fsp3) is 0.346. The summed E-state index contributed by atoms with van der Waals surface area (Å²) in [4.78, 5) is 72.4. The summed E-state index contributed by atoms with van der Waals surface area (Å²) in [6.45, 7) is 6.43. The van der Waals surface area contributed by atoms with Crippen molar-refractivity contribution in [3.05, 3.63) is 52.3 Å². The maximum absolute atomic E-state index is 13.2. The minimum atomic E-state index is -1.17. The van der Waals surface area contributed by atoms with Gasteiger partial charge in [0.2, 0.25) is 6.79 Å². The number of nitrogens with zero attached hydrogens (tertiary/aromatic N) is 3. The van der Waals surface area contributed by atoms with Crippen LogP contribution in [0.2, 0.25) is 0 Å². The molecule has 0 saturated carbocycles. The van der Waals surface area contributed by atoms with Crippen molar-refractivity contribution in [2.24, 2.45) is 15.7 Å². The Labute approximate surface area is 230 Å². The smallest absolute Gasteiger partial charge is 0.419 e. The molecule has 2 rings (SSSR count). The normalized spacial score (nSPS) is 11.2. The lowest BCUT2D eigenvalue weighted by atomic mass is 10.1. The van der Waals surface area contributed by atoms with Crippen LogP contribution in [-0.2, 0) is 19.1 Å². The van der Waals surface area contributed by atoms with Gasteiger partial charge in [-0.25, -0.2) is 19.7 Å². The van der Waals surface area contributed by atoms with Crippen molar-refractivity contribution in [3.63, 3.8) is 0 Å². The summed E-state index contributed by atoms with van der Waals surface area (Å²) in [6.07, 6.45) is 0.540. The van der Waals surface area contributed by atoms with Crippen LogP contribution in [0.4, 0.5) is 10.5 Å². The minimum absolute atomic E-state index is 0.0573. The van der Waals surface area contributed by atoms with Gasteiger partial charge in [-0.15, -0.1) is 0 Å². The van der Waals surface area contributed by atoms with E-state index in [4.69, 9.17) is 15.6 Å². The SMILES string of the molecule is CCNC(=O)c1ccc(C)c(N=C(N=CN)c2[nH]cc(C(=O)N(CC)C(=O)OCOC(=O)CCC(=O)O)c2C)c1. The van der Waals surface area contributed by atoms with Crippen molar-refractivity contribution >= 4 is 47.7 Å². The molecule has 0 bridgehead atoms. The second-order valence-corrected chi connectivity index (χ2v) is 8.26. The number of carbonyl (C=O) groups is 5. The summed E-state index contributed by atoms with van der Waals surface area (Å²) in [7, 11) is 0. The quantitative estimate of drug-likeness (QED) is 0.138. The van der Waals surface area contributed by atoms with Crippen LogP contribution in [0.5, 0.6) is 0 Å². The van der Waals surface area contributed by atoms with Crippen LogP contribution in [0.15, 0.2) is 34.4 Å². The van der Waals surface area contributed by atoms with Gasteiger partial charge in [-0.3, -0.25) is 19.2 Å². The molecule has 1 heterocycles. The highest BCUT2D eigenvalue weighted by Gasteiger charge is 2.27. The van der Waals surface area contributed by atoms with Gasteiger partial charge >= 0.3 is 18.0 Å². The number of imide groups is 1. The number of hydrogen-bond acceptors (Lipinski definition) is 8. The number of carboxylic acid groups (broad SMARTS) is 1. The van der Waals surface area contributed by atoms with E-state index in [-0.39, 0.29) is 30.3 Å². The molecule has 0 aliphatic carbocycles. The molecule has 0 aliphatic heterocycles. The maximum Gasteiger partial charge on any atom is 0.419 e. The van der Waals surface area contributed by atoms with Crippen molar-refractivity contribution in [2.45, 2.75) is 40.5 Å². The summed E-state index contributed by atoms with van der Waals surface area (Å²) in [5.41, 5.74) is 8.08. The predicted molar refractivity (Wildman–Crippen MR) is 145 cm³/mol. The van der Waals surface area contributed by atoms with Crippen LogP contribution in [0.3, 0.4) is 0 Å². The third-order valence-electron chi connectivity index (χ3n) is 5.55. The molecule has 1 aromatic heterocycles. The average Bonchev–Trinajstić information content (AvgIpc) is 3.29. The van der Waals surface area contributed by atoms with Crippen molar-refractivity contribution < 1.29 is 38.6 Å². The molecule has 0 unspecified atom stereocenters. The molecule has 2 aromatic rings. The maximum atomic E-state index is 13.2. The number of amidine groups is 1. The predicted octanol–water partition coefficient (Wildman–Crippen LogP) is 2.41. The minimum Gasteiger partial charge on any atom is -0.481 e. The highest BCUT2D eigenvalue weighted by Crippen LogP contribution is 2.24. The molecule has 14 heteroatoms. The van der Waals surface area contributed by atoms with Gasteiger partial charge in [-0.2, -0.15) is 0 Å². The largest absolute Gasteiger partial charge is 0.481 e. The molecule has 5 N–H and O–H groups in total. The molecule has 0 saturated heterocycles. The molecule has 214 valence electrons. The number of aliphatic imine (C=N–C) groups is 2. The topological polar surface area (TPSA) is 206 Å². The van der Waals surface area contributed by atoms with Crippen LogP contribution in [0.25, 0.3) is 0 Å². The Bertz CT molecular complexity index is 1330. The molecular formula is C26H32N6O8. The van der Waals surface area contributed by atoms with E-state index in [1.807, 2.05) is 13.8 Å². The Morgan fingerprint density at radius 3 is 2.48 bits per heavy atom. The zero-order chi connectivity index (χ0) is 29.8. The Morgan fingerprint density at radius 2 is 1.85 bits per heavy atom. The first-order valence-electron chi connectivity index (χ1n) is 12.3. The van der Waals surface area contributed by atoms with Gasteiger partial charge in [0, 0.05) is 24.8 Å². The number of carbonyl (C=O) groups excluding carboxylic acids is 4. The third kappa shape index (κ3) is 8.24. The van der Waals surface area contributed by atoms with Gasteiger partial charge in [0.25, 0.3) is 11.8 Å². The average molecular weight is 557 g/mol. The number of carboxylic acids is 1. The number of aryl methyl sites for hydroxylation is 1. The fourth-order valence-corrected chi connectivity index (χ4v) is 3.42. The van der Waals surface area contributed by atoms with Crippen molar-refractivity contribution in [1.82, 2.24) is 15.2 Å². The molecule has 14 nitrogen and oxygen atoms in total. The summed E-state index contributed by atoms with van der Waals surface area (Å²) >= 11 is 0. The highest BCUT2D eigenvalue weighted by atomic mass is 16.7. The van der Waals surface area contributed by atoms with E-state index in [1.165, 1.54) is 6.20 Å². The summed E-state index contributed by atoms with van der Waals surface area (Å²) in [6, 6.07) is 5.04. The monoisotopic (exact) mass is 556 g/mol. The second kappa shape index (κ2) is 14.8. The van der Waals surface area contributed by atoms with Crippen LogP contribution in [-0.4, -0.2) is 76.9 Å². The molecule has 3 amide bonds. The van der Waals surface area contributed by atoms with Gasteiger partial charge in [0.15, 0.2) is 5.84 Å². The van der Waals surface area contributed by atoms with E-state index in [1.54, 1.807) is 32.0 Å². The van der Waals surface area contributed by atoms with E-state index < -0.39 is 37.2 Å². The van der Waals surface area contributed by atoms with Gasteiger partial charge in [0.05, 0.1) is 36.1 Å². The van der Waals surface area contributed by atoms with Crippen molar-refractivity contribution in [2.75, 3.05) is 19.9 Å². The number of rotatable bonds is 11. The number of aromatic nitrogens is 1. The molecule has 0 fully saturated rings. The van der Waals surface area contributed by atoms with Crippen LogP contribution < -0.4 is 11.1 Å². The number of esters is 1. The van der Waals surface area contributed by atoms with Gasteiger partial charge in [-0.1, -0.05) is 6.07 Å². The Kier molecular flexibility index (Phi) is 11.5. The van der Waals surface area contributed by atoms with Crippen LogP contribution in [0.1, 0.15) is 64.2 Å². The molecule has 40 heavy (non-hydrogen) atoms. The number of nitrogens with two attached hydrogens (primary N) is 1. The lowest BCUT2D eigenvalue weighted by Gasteiger charge is -2.18. The van der Waals surface area contributed by atoms with Gasteiger partial charge in [-0.05, 0) is 51.0 Å². The number of benzene rings is 1.